The van der Waals surface area contributed by atoms with E-state index in [0.29, 0.717) is 0 Å². The molecule has 0 amide bonds. The second kappa shape index (κ2) is 4.02. The minimum Gasteiger partial charge on any atom is -0.364 e. The number of hydrogen-bond acceptors (Lipinski definition) is 0. The van der Waals surface area contributed by atoms with E-state index >= 15 is 0 Å². The zero-order valence-electron chi connectivity index (χ0n) is 10.5. The third kappa shape index (κ3) is 1.65. The van der Waals surface area contributed by atoms with Gasteiger partial charge in [-0.05, 0) is 10.8 Å². The van der Waals surface area contributed by atoms with Gasteiger partial charge in [0.2, 0.25) is 0 Å². The molecule has 0 radical (unpaired) electrons. The van der Waals surface area contributed by atoms with Crippen molar-refractivity contribution in [3.63, 3.8) is 0 Å². The van der Waals surface area contributed by atoms with Crippen LogP contribution in [0, 0.1) is 0 Å². The topological polar surface area (TPSA) is 31.6 Å². The second-order valence-electron chi connectivity index (χ2n) is 4.89. The van der Waals surface area contributed by atoms with Crippen molar-refractivity contribution in [1.82, 2.24) is 9.97 Å². The normalized spacial score (nSPS) is 11.4. The number of benzene rings is 2. The fraction of sp³-hybridized carbons (Fsp3) is 0.0588. The maximum absolute atomic E-state index is 3.40. The molecule has 0 saturated carbocycles. The highest BCUT2D eigenvalue weighted by Crippen LogP contribution is 2.24. The van der Waals surface area contributed by atoms with Crippen LogP contribution in [0.4, 0.5) is 0 Å². The molecular formula is C17H14N2. The first-order valence-corrected chi connectivity index (χ1v) is 6.52. The summed E-state index contributed by atoms with van der Waals surface area (Å²) >= 11 is 0. The van der Waals surface area contributed by atoms with Gasteiger partial charge in [0, 0.05) is 41.0 Å². The average molecular weight is 246 g/mol. The summed E-state index contributed by atoms with van der Waals surface area (Å²) in [4.78, 5) is 6.79. The van der Waals surface area contributed by atoms with Crippen LogP contribution in [0.2, 0.25) is 0 Å². The molecule has 0 aliphatic heterocycles. The van der Waals surface area contributed by atoms with Gasteiger partial charge < -0.3 is 9.97 Å². The molecule has 2 nitrogen and oxygen atoms in total. The van der Waals surface area contributed by atoms with Crippen molar-refractivity contribution in [2.75, 3.05) is 0 Å². The van der Waals surface area contributed by atoms with Crippen LogP contribution < -0.4 is 0 Å². The van der Waals surface area contributed by atoms with E-state index < -0.39 is 0 Å². The summed E-state index contributed by atoms with van der Waals surface area (Å²) in [5, 5.41) is 5.16. The predicted molar refractivity (Wildman–Crippen MR) is 79.4 cm³/mol. The molecule has 0 spiro atoms. The summed E-state index contributed by atoms with van der Waals surface area (Å²) in [7, 11) is 0. The van der Waals surface area contributed by atoms with Crippen molar-refractivity contribution in [3.8, 4) is 0 Å². The Bertz CT molecular complexity index is 780. The van der Waals surface area contributed by atoms with Gasteiger partial charge in [-0.1, -0.05) is 48.5 Å². The number of aromatic amines is 2. The minimum absolute atomic E-state index is 0.904. The SMILES string of the molecule is c1ccc2c(Cc3[nH]cc4ccccc34)[nH]cc2c1. The summed E-state index contributed by atoms with van der Waals surface area (Å²) in [6.45, 7) is 0. The van der Waals surface area contributed by atoms with Crippen molar-refractivity contribution in [2.24, 2.45) is 0 Å². The van der Waals surface area contributed by atoms with Crippen molar-refractivity contribution in [2.45, 2.75) is 6.42 Å². The lowest BCUT2D eigenvalue weighted by molar-refractivity contribution is 1.07. The Morgan fingerprint density at radius 1 is 0.632 bits per heavy atom. The predicted octanol–water partition coefficient (Wildman–Crippen LogP) is 4.24. The van der Waals surface area contributed by atoms with Gasteiger partial charge in [-0.15, -0.1) is 0 Å². The Balaban J connectivity index is 1.82. The van der Waals surface area contributed by atoms with Crippen LogP contribution in [0.25, 0.3) is 21.5 Å². The van der Waals surface area contributed by atoms with Crippen molar-refractivity contribution in [3.05, 3.63) is 72.3 Å². The van der Waals surface area contributed by atoms with Gasteiger partial charge in [-0.25, -0.2) is 0 Å². The Morgan fingerprint density at radius 2 is 1.11 bits per heavy atom. The van der Waals surface area contributed by atoms with Gasteiger partial charge in [0.05, 0.1) is 0 Å². The third-order valence-electron chi connectivity index (χ3n) is 3.73. The van der Waals surface area contributed by atoms with Crippen LogP contribution in [-0.2, 0) is 6.42 Å². The van der Waals surface area contributed by atoms with Crippen molar-refractivity contribution >= 4 is 21.5 Å². The number of nitrogens with one attached hydrogen (secondary N) is 2. The van der Waals surface area contributed by atoms with E-state index in [1.54, 1.807) is 0 Å². The lowest BCUT2D eigenvalue weighted by Crippen LogP contribution is -1.89. The summed E-state index contributed by atoms with van der Waals surface area (Å²) in [5.74, 6) is 0. The molecule has 4 rings (SSSR count). The molecule has 0 unspecified atom stereocenters. The summed E-state index contributed by atoms with van der Waals surface area (Å²) in [6.07, 6.45) is 5.06. The smallest absolute Gasteiger partial charge is 0.0290 e. The molecule has 2 heteroatoms. The number of rotatable bonds is 2. The molecule has 2 heterocycles. The zero-order valence-corrected chi connectivity index (χ0v) is 10.5. The molecule has 4 aromatic rings. The monoisotopic (exact) mass is 246 g/mol. The maximum Gasteiger partial charge on any atom is 0.0290 e. The lowest BCUT2D eigenvalue weighted by Gasteiger charge is -1.99. The third-order valence-corrected chi connectivity index (χ3v) is 3.73. The summed E-state index contributed by atoms with van der Waals surface area (Å²) < 4.78 is 0. The molecule has 0 aliphatic rings. The molecule has 0 fully saturated rings. The Labute approximate surface area is 111 Å². The van der Waals surface area contributed by atoms with Crippen LogP contribution >= 0.6 is 0 Å². The first-order valence-electron chi connectivity index (χ1n) is 6.52. The maximum atomic E-state index is 3.40. The molecule has 0 bridgehead atoms. The molecular weight excluding hydrogens is 232 g/mol. The highest BCUT2D eigenvalue weighted by molar-refractivity contribution is 5.88. The first kappa shape index (κ1) is 10.4. The number of fused-ring (bicyclic) bond motifs is 2. The van der Waals surface area contributed by atoms with Crippen LogP contribution in [0.3, 0.4) is 0 Å². The first-order chi connectivity index (χ1) is 9.42. The highest BCUT2D eigenvalue weighted by atomic mass is 14.7. The molecule has 0 atom stereocenters. The van der Waals surface area contributed by atoms with Gasteiger partial charge in [-0.3, -0.25) is 0 Å². The molecule has 2 N–H and O–H groups in total. The van der Waals surface area contributed by atoms with E-state index in [4.69, 9.17) is 0 Å². The number of aromatic nitrogens is 2. The van der Waals surface area contributed by atoms with E-state index in [-0.39, 0.29) is 0 Å². The number of H-pyrrole nitrogens is 2. The second-order valence-corrected chi connectivity index (χ2v) is 4.89. The van der Waals surface area contributed by atoms with Gasteiger partial charge in [0.25, 0.3) is 0 Å². The Hall–Kier alpha value is -2.48. The Kier molecular flexibility index (Phi) is 2.21. The van der Waals surface area contributed by atoms with Gasteiger partial charge >= 0.3 is 0 Å². The quantitative estimate of drug-likeness (QED) is 0.530. The van der Waals surface area contributed by atoms with E-state index in [0.717, 1.165) is 6.42 Å². The molecule has 0 aliphatic carbocycles. The van der Waals surface area contributed by atoms with Gasteiger partial charge in [0.1, 0.15) is 0 Å². The van der Waals surface area contributed by atoms with E-state index in [1.165, 1.54) is 32.9 Å². The molecule has 19 heavy (non-hydrogen) atoms. The fourth-order valence-electron chi connectivity index (χ4n) is 2.75. The summed E-state index contributed by atoms with van der Waals surface area (Å²) in [5.41, 5.74) is 2.53. The average Bonchev–Trinajstić information content (AvgIpc) is 3.05. The van der Waals surface area contributed by atoms with Crippen LogP contribution in [0.5, 0.6) is 0 Å². The van der Waals surface area contributed by atoms with Crippen LogP contribution in [0.1, 0.15) is 11.4 Å². The van der Waals surface area contributed by atoms with Crippen molar-refractivity contribution < 1.29 is 0 Å². The van der Waals surface area contributed by atoms with E-state index in [1.807, 2.05) is 0 Å². The lowest BCUT2D eigenvalue weighted by atomic mass is 10.1. The van der Waals surface area contributed by atoms with Crippen molar-refractivity contribution in [1.29, 1.82) is 0 Å². The zero-order chi connectivity index (χ0) is 12.7. The molecule has 2 aromatic heterocycles. The van der Waals surface area contributed by atoms with Gasteiger partial charge in [0.15, 0.2) is 0 Å². The Morgan fingerprint density at radius 3 is 1.63 bits per heavy atom. The largest absolute Gasteiger partial charge is 0.364 e. The standard InChI is InChI=1S/C17H14N2/c1-3-7-14-12(5-1)10-18-16(14)9-17-15-8-4-2-6-13(15)11-19-17/h1-8,10-11,18-19H,9H2. The number of hydrogen-bond donors (Lipinski definition) is 2. The van der Waals surface area contributed by atoms with E-state index in [9.17, 15) is 0 Å². The fourth-order valence-corrected chi connectivity index (χ4v) is 2.75. The molecule has 0 saturated heterocycles. The summed E-state index contributed by atoms with van der Waals surface area (Å²) in [6, 6.07) is 17.0. The molecule has 2 aromatic carbocycles. The minimum atomic E-state index is 0.904. The highest BCUT2D eigenvalue weighted by Gasteiger charge is 2.07. The van der Waals surface area contributed by atoms with Crippen LogP contribution in [0.15, 0.2) is 60.9 Å². The molecule has 92 valence electrons. The van der Waals surface area contributed by atoms with Crippen LogP contribution in [-0.4, -0.2) is 9.97 Å². The van der Waals surface area contributed by atoms with E-state index in [2.05, 4.69) is 70.9 Å². The van der Waals surface area contributed by atoms with Gasteiger partial charge in [-0.2, -0.15) is 0 Å².